The standard InChI is InChI=1S/C26H32N4O5/c1-18(2)24(32)29-13-10-26(11-14-29)30(25(33)20-6-8-21(34-3)9-7-20)22(17-35-26)23(31)28-16-19-5-4-12-27-15-19/h4-9,12,15,18,22H,10-11,13-14,16-17H2,1-3H3,(H,28,31)/t22-/m0/s1. The Morgan fingerprint density at radius 3 is 2.49 bits per heavy atom. The van der Waals surface area contributed by atoms with E-state index in [4.69, 9.17) is 9.47 Å². The molecule has 9 nitrogen and oxygen atoms in total. The average molecular weight is 481 g/mol. The maximum Gasteiger partial charge on any atom is 0.256 e. The van der Waals surface area contributed by atoms with Gasteiger partial charge in [-0.05, 0) is 35.9 Å². The smallest absolute Gasteiger partial charge is 0.256 e. The molecule has 1 N–H and O–H groups in total. The first kappa shape index (κ1) is 24.7. The molecule has 1 aromatic carbocycles. The van der Waals surface area contributed by atoms with Crippen molar-refractivity contribution in [1.82, 2.24) is 20.1 Å². The van der Waals surface area contributed by atoms with E-state index in [1.807, 2.05) is 24.8 Å². The normalized spacial score (nSPS) is 19.1. The molecule has 186 valence electrons. The van der Waals surface area contributed by atoms with Gasteiger partial charge in [0.15, 0.2) is 0 Å². The molecule has 4 rings (SSSR count). The van der Waals surface area contributed by atoms with Crippen molar-refractivity contribution in [2.75, 3.05) is 26.8 Å². The second-order valence-corrected chi connectivity index (χ2v) is 9.24. The number of hydrogen-bond donors (Lipinski definition) is 1. The third-order valence-corrected chi connectivity index (χ3v) is 6.66. The van der Waals surface area contributed by atoms with Crippen LogP contribution in [0, 0.1) is 5.92 Å². The van der Waals surface area contributed by atoms with Crippen LogP contribution in [0.25, 0.3) is 0 Å². The Kier molecular flexibility index (Phi) is 7.35. The van der Waals surface area contributed by atoms with Crippen LogP contribution in [0.2, 0.25) is 0 Å². The molecule has 35 heavy (non-hydrogen) atoms. The Bertz CT molecular complexity index is 1050. The van der Waals surface area contributed by atoms with Crippen molar-refractivity contribution in [3.05, 3.63) is 59.9 Å². The fourth-order valence-corrected chi connectivity index (χ4v) is 4.69. The highest BCUT2D eigenvalue weighted by molar-refractivity contribution is 5.98. The molecule has 2 fully saturated rings. The zero-order valence-corrected chi connectivity index (χ0v) is 20.4. The summed E-state index contributed by atoms with van der Waals surface area (Å²) >= 11 is 0. The number of carbonyl (C=O) groups is 3. The van der Waals surface area contributed by atoms with E-state index in [1.54, 1.807) is 54.7 Å². The number of amides is 3. The molecule has 2 aliphatic rings. The minimum Gasteiger partial charge on any atom is -0.497 e. The van der Waals surface area contributed by atoms with Gasteiger partial charge in [-0.3, -0.25) is 24.3 Å². The number of pyridine rings is 1. The molecule has 1 aromatic heterocycles. The van der Waals surface area contributed by atoms with Crippen molar-refractivity contribution < 1.29 is 23.9 Å². The zero-order valence-electron chi connectivity index (χ0n) is 20.4. The number of hydrogen-bond acceptors (Lipinski definition) is 6. The van der Waals surface area contributed by atoms with E-state index in [9.17, 15) is 14.4 Å². The van der Waals surface area contributed by atoms with Crippen LogP contribution in [-0.2, 0) is 20.9 Å². The van der Waals surface area contributed by atoms with Gasteiger partial charge in [-0.15, -0.1) is 0 Å². The van der Waals surface area contributed by atoms with Gasteiger partial charge >= 0.3 is 0 Å². The molecule has 2 aliphatic heterocycles. The Labute approximate surface area is 205 Å². The Morgan fingerprint density at radius 1 is 1.17 bits per heavy atom. The number of methoxy groups -OCH3 is 1. The van der Waals surface area contributed by atoms with Crippen LogP contribution in [0.4, 0.5) is 0 Å². The number of rotatable bonds is 6. The molecule has 1 atom stereocenters. The van der Waals surface area contributed by atoms with Crippen molar-refractivity contribution in [2.45, 2.75) is 45.0 Å². The predicted molar refractivity (Wildman–Crippen MR) is 128 cm³/mol. The summed E-state index contributed by atoms with van der Waals surface area (Å²) in [6, 6.07) is 9.72. The molecule has 0 bridgehead atoms. The Morgan fingerprint density at radius 2 is 1.89 bits per heavy atom. The highest BCUT2D eigenvalue weighted by Gasteiger charge is 2.54. The van der Waals surface area contributed by atoms with Gasteiger partial charge in [-0.25, -0.2) is 0 Å². The van der Waals surface area contributed by atoms with E-state index < -0.39 is 11.8 Å². The van der Waals surface area contributed by atoms with Crippen LogP contribution in [0.1, 0.15) is 42.6 Å². The zero-order chi connectivity index (χ0) is 25.0. The van der Waals surface area contributed by atoms with Gasteiger partial charge in [0.05, 0.1) is 13.7 Å². The number of likely N-dealkylation sites (tertiary alicyclic amines) is 1. The number of piperidine rings is 1. The van der Waals surface area contributed by atoms with Crippen molar-refractivity contribution in [2.24, 2.45) is 5.92 Å². The lowest BCUT2D eigenvalue weighted by Crippen LogP contribution is -2.60. The molecule has 1 spiro atoms. The summed E-state index contributed by atoms with van der Waals surface area (Å²) in [5.74, 6) is 0.0528. The van der Waals surface area contributed by atoms with Gasteiger partial charge in [0.2, 0.25) is 11.8 Å². The Hall–Kier alpha value is -3.46. The predicted octanol–water partition coefficient (Wildman–Crippen LogP) is 2.22. The van der Waals surface area contributed by atoms with Crippen molar-refractivity contribution >= 4 is 17.7 Å². The third-order valence-electron chi connectivity index (χ3n) is 6.66. The SMILES string of the molecule is COc1ccc(C(=O)N2[C@H](C(=O)NCc3cccnc3)COC23CCN(C(=O)C(C)C)CC3)cc1. The van der Waals surface area contributed by atoms with E-state index >= 15 is 0 Å². The van der Waals surface area contributed by atoms with Gasteiger partial charge < -0.3 is 19.7 Å². The number of carbonyl (C=O) groups excluding carboxylic acids is 3. The van der Waals surface area contributed by atoms with Crippen molar-refractivity contribution in [3.8, 4) is 5.75 Å². The molecule has 0 radical (unpaired) electrons. The van der Waals surface area contributed by atoms with Crippen LogP contribution in [-0.4, -0.2) is 71.1 Å². The van der Waals surface area contributed by atoms with Gasteiger partial charge in [0.1, 0.15) is 17.5 Å². The van der Waals surface area contributed by atoms with Crippen LogP contribution >= 0.6 is 0 Å². The van der Waals surface area contributed by atoms with Crippen molar-refractivity contribution in [1.29, 1.82) is 0 Å². The summed E-state index contributed by atoms with van der Waals surface area (Å²) in [7, 11) is 1.56. The number of benzene rings is 1. The number of aromatic nitrogens is 1. The van der Waals surface area contributed by atoms with E-state index in [1.165, 1.54) is 0 Å². The maximum absolute atomic E-state index is 13.8. The molecule has 3 amide bonds. The minimum absolute atomic E-state index is 0.0802. The first-order valence-electron chi connectivity index (χ1n) is 11.9. The highest BCUT2D eigenvalue weighted by Crippen LogP contribution is 2.39. The first-order chi connectivity index (χ1) is 16.8. The lowest BCUT2D eigenvalue weighted by Gasteiger charge is -2.44. The van der Waals surface area contributed by atoms with Gasteiger partial charge in [0.25, 0.3) is 5.91 Å². The number of nitrogens with zero attached hydrogens (tertiary/aromatic N) is 3. The summed E-state index contributed by atoms with van der Waals surface area (Å²) in [6.45, 7) is 5.08. The fourth-order valence-electron chi connectivity index (χ4n) is 4.69. The molecule has 0 aliphatic carbocycles. The van der Waals surface area contributed by atoms with E-state index in [-0.39, 0.29) is 30.2 Å². The maximum atomic E-state index is 13.8. The van der Waals surface area contributed by atoms with Gasteiger partial charge in [-0.2, -0.15) is 0 Å². The van der Waals surface area contributed by atoms with E-state index in [2.05, 4.69) is 10.3 Å². The molecule has 2 aromatic rings. The lowest BCUT2D eigenvalue weighted by atomic mass is 9.95. The fraction of sp³-hybridized carbons (Fsp3) is 0.462. The average Bonchev–Trinajstić information content (AvgIpc) is 3.26. The Balaban J connectivity index is 1.57. The summed E-state index contributed by atoms with van der Waals surface area (Å²) in [4.78, 5) is 47.0. The van der Waals surface area contributed by atoms with Gasteiger partial charge in [-0.1, -0.05) is 19.9 Å². The minimum atomic E-state index is -0.943. The van der Waals surface area contributed by atoms with Crippen molar-refractivity contribution in [3.63, 3.8) is 0 Å². The summed E-state index contributed by atoms with van der Waals surface area (Å²) in [5.41, 5.74) is 0.366. The summed E-state index contributed by atoms with van der Waals surface area (Å²) in [5, 5.41) is 2.92. The van der Waals surface area contributed by atoms with Crippen LogP contribution in [0.5, 0.6) is 5.75 Å². The van der Waals surface area contributed by atoms with Crippen LogP contribution in [0.15, 0.2) is 48.8 Å². The largest absolute Gasteiger partial charge is 0.497 e. The molecular weight excluding hydrogens is 448 g/mol. The van der Waals surface area contributed by atoms with E-state index in [0.29, 0.717) is 43.8 Å². The lowest BCUT2D eigenvalue weighted by molar-refractivity contribution is -0.146. The van der Waals surface area contributed by atoms with Crippen LogP contribution < -0.4 is 10.1 Å². The summed E-state index contributed by atoms with van der Waals surface area (Å²) < 4.78 is 11.4. The third kappa shape index (κ3) is 5.14. The summed E-state index contributed by atoms with van der Waals surface area (Å²) in [6.07, 6.45) is 4.25. The first-order valence-corrected chi connectivity index (χ1v) is 11.9. The molecule has 2 saturated heterocycles. The number of nitrogens with one attached hydrogen (secondary N) is 1. The molecular formula is C26H32N4O5. The molecule has 0 saturated carbocycles. The van der Waals surface area contributed by atoms with Crippen LogP contribution in [0.3, 0.4) is 0 Å². The quantitative estimate of drug-likeness (QED) is 0.681. The molecule has 3 heterocycles. The van der Waals surface area contributed by atoms with E-state index in [0.717, 1.165) is 5.56 Å². The topological polar surface area (TPSA) is 101 Å². The second kappa shape index (κ2) is 10.4. The number of ether oxygens (including phenoxy) is 2. The molecule has 0 unspecified atom stereocenters. The monoisotopic (exact) mass is 480 g/mol. The highest BCUT2D eigenvalue weighted by atomic mass is 16.5. The molecule has 9 heteroatoms. The van der Waals surface area contributed by atoms with Gasteiger partial charge in [0, 0.05) is 56.4 Å². The second-order valence-electron chi connectivity index (χ2n) is 9.24.